The first-order valence-corrected chi connectivity index (χ1v) is 8.77. The Bertz CT molecular complexity index is 746. The summed E-state index contributed by atoms with van der Waals surface area (Å²) in [5, 5.41) is 4.00. The summed E-state index contributed by atoms with van der Waals surface area (Å²) in [5.74, 6) is 0.756. The normalized spacial score (nSPS) is 11.6. The van der Waals surface area contributed by atoms with E-state index in [-0.39, 0.29) is 11.9 Å². The van der Waals surface area contributed by atoms with Crippen molar-refractivity contribution in [2.75, 3.05) is 7.11 Å². The Morgan fingerprint density at radius 3 is 2.68 bits per heavy atom. The van der Waals surface area contributed by atoms with Crippen LogP contribution in [0.15, 0.2) is 55.1 Å². The summed E-state index contributed by atoms with van der Waals surface area (Å²) in [6.45, 7) is 3.76. The minimum Gasteiger partial charge on any atom is -0.496 e. The molecule has 0 heterocycles. The molecule has 0 fully saturated rings. The van der Waals surface area contributed by atoms with E-state index in [4.69, 9.17) is 27.9 Å². The van der Waals surface area contributed by atoms with Gasteiger partial charge in [-0.1, -0.05) is 53.5 Å². The molecule has 0 bridgehead atoms. The third-order valence-electron chi connectivity index (χ3n) is 3.90. The quantitative estimate of drug-likeness (QED) is 0.628. The Balaban J connectivity index is 2.02. The highest BCUT2D eigenvalue weighted by molar-refractivity contribution is 6.42. The number of hydrogen-bond acceptors (Lipinski definition) is 2. The van der Waals surface area contributed by atoms with Gasteiger partial charge in [0.15, 0.2) is 0 Å². The minimum atomic E-state index is -0.183. The summed E-state index contributed by atoms with van der Waals surface area (Å²) < 4.78 is 5.32. The van der Waals surface area contributed by atoms with Crippen LogP contribution in [0.3, 0.4) is 0 Å². The lowest BCUT2D eigenvalue weighted by Crippen LogP contribution is -2.28. The highest BCUT2D eigenvalue weighted by Crippen LogP contribution is 2.27. The van der Waals surface area contributed by atoms with Crippen LogP contribution in [0.4, 0.5) is 0 Å². The van der Waals surface area contributed by atoms with E-state index in [9.17, 15) is 4.79 Å². The van der Waals surface area contributed by atoms with E-state index >= 15 is 0 Å². The van der Waals surface area contributed by atoms with Crippen LogP contribution in [0.1, 0.15) is 30.0 Å². The first kappa shape index (κ1) is 19.4. The number of para-hydroxylation sites is 1. The number of halogens is 2. The van der Waals surface area contributed by atoms with Crippen molar-refractivity contribution in [3.8, 4) is 5.75 Å². The van der Waals surface area contributed by atoms with Crippen LogP contribution in [-0.2, 0) is 11.2 Å². The number of rotatable bonds is 8. The summed E-state index contributed by atoms with van der Waals surface area (Å²) in [4.78, 5) is 12.4. The van der Waals surface area contributed by atoms with E-state index in [0.29, 0.717) is 29.3 Å². The Kier molecular flexibility index (Phi) is 7.35. The van der Waals surface area contributed by atoms with Gasteiger partial charge in [0.2, 0.25) is 5.91 Å². The molecule has 0 radical (unpaired) electrons. The maximum atomic E-state index is 12.4. The van der Waals surface area contributed by atoms with Crippen molar-refractivity contribution in [2.45, 2.75) is 25.3 Å². The highest BCUT2D eigenvalue weighted by Gasteiger charge is 2.15. The molecule has 0 aliphatic carbocycles. The predicted octanol–water partition coefficient (Wildman–Crippen LogP) is 5.37. The van der Waals surface area contributed by atoms with Crippen molar-refractivity contribution in [3.05, 3.63) is 76.3 Å². The molecule has 2 aromatic carbocycles. The zero-order valence-corrected chi connectivity index (χ0v) is 15.6. The molecular weight excluding hydrogens is 357 g/mol. The Morgan fingerprint density at radius 2 is 2.00 bits per heavy atom. The molecule has 0 unspecified atom stereocenters. The molecule has 2 aromatic rings. The second kappa shape index (κ2) is 9.50. The molecule has 0 saturated carbocycles. The molecule has 1 amide bonds. The average molecular weight is 378 g/mol. The van der Waals surface area contributed by atoms with Gasteiger partial charge in [0.05, 0.1) is 23.2 Å². The van der Waals surface area contributed by atoms with Gasteiger partial charge in [0, 0.05) is 6.42 Å². The van der Waals surface area contributed by atoms with Gasteiger partial charge in [-0.15, -0.1) is 6.58 Å². The smallest absolute Gasteiger partial charge is 0.220 e. The summed E-state index contributed by atoms with van der Waals surface area (Å²) in [5.41, 5.74) is 1.91. The van der Waals surface area contributed by atoms with Crippen molar-refractivity contribution in [2.24, 2.45) is 0 Å². The number of carbonyl (C=O) groups is 1. The van der Waals surface area contributed by atoms with Gasteiger partial charge >= 0.3 is 0 Å². The number of benzene rings is 2. The fourth-order valence-electron chi connectivity index (χ4n) is 2.60. The Labute approximate surface area is 158 Å². The zero-order valence-electron chi connectivity index (χ0n) is 14.1. The molecule has 3 nitrogen and oxygen atoms in total. The standard InChI is InChI=1S/C20H21Cl2NO2/c1-3-6-18(15-9-11-16(21)17(22)13-15)23-20(24)12-10-14-7-4-5-8-19(14)25-2/h3-5,7-9,11,13,18H,1,6,10,12H2,2H3,(H,23,24)/t18-/m0/s1. The first-order chi connectivity index (χ1) is 12.0. The van der Waals surface area contributed by atoms with Gasteiger partial charge in [0.25, 0.3) is 0 Å². The van der Waals surface area contributed by atoms with Gasteiger partial charge in [-0.3, -0.25) is 4.79 Å². The van der Waals surface area contributed by atoms with E-state index in [0.717, 1.165) is 16.9 Å². The van der Waals surface area contributed by atoms with Crippen molar-refractivity contribution in [1.29, 1.82) is 0 Å². The Morgan fingerprint density at radius 1 is 1.24 bits per heavy atom. The molecule has 0 aliphatic heterocycles. The van der Waals surface area contributed by atoms with E-state index in [1.165, 1.54) is 0 Å². The van der Waals surface area contributed by atoms with Crippen LogP contribution >= 0.6 is 23.2 Å². The van der Waals surface area contributed by atoms with Crippen molar-refractivity contribution < 1.29 is 9.53 Å². The molecule has 0 aliphatic rings. The lowest BCUT2D eigenvalue weighted by Gasteiger charge is -2.18. The summed E-state index contributed by atoms with van der Waals surface area (Å²) >= 11 is 12.0. The molecule has 0 aromatic heterocycles. The van der Waals surface area contributed by atoms with Crippen molar-refractivity contribution in [1.82, 2.24) is 5.32 Å². The van der Waals surface area contributed by atoms with Crippen LogP contribution in [0.5, 0.6) is 5.75 Å². The maximum Gasteiger partial charge on any atom is 0.220 e. The predicted molar refractivity (Wildman–Crippen MR) is 103 cm³/mol. The number of amides is 1. The maximum absolute atomic E-state index is 12.4. The van der Waals surface area contributed by atoms with Crippen LogP contribution in [-0.4, -0.2) is 13.0 Å². The SMILES string of the molecule is C=CC[C@H](NC(=O)CCc1ccccc1OC)c1ccc(Cl)c(Cl)c1. The van der Waals surface area contributed by atoms with Crippen molar-refractivity contribution >= 4 is 29.1 Å². The number of methoxy groups -OCH3 is 1. The number of nitrogens with one attached hydrogen (secondary N) is 1. The van der Waals surface area contributed by atoms with E-state index < -0.39 is 0 Å². The highest BCUT2D eigenvalue weighted by atomic mass is 35.5. The number of carbonyl (C=O) groups excluding carboxylic acids is 1. The fraction of sp³-hybridized carbons (Fsp3) is 0.250. The molecule has 5 heteroatoms. The van der Waals surface area contributed by atoms with Crippen molar-refractivity contribution in [3.63, 3.8) is 0 Å². The largest absolute Gasteiger partial charge is 0.496 e. The molecular formula is C20H21Cl2NO2. The zero-order chi connectivity index (χ0) is 18.2. The van der Waals surface area contributed by atoms with Crippen LogP contribution in [0, 0.1) is 0 Å². The molecule has 0 saturated heterocycles. The average Bonchev–Trinajstić information content (AvgIpc) is 2.62. The van der Waals surface area contributed by atoms with E-state index in [1.807, 2.05) is 30.3 Å². The molecule has 132 valence electrons. The van der Waals surface area contributed by atoms with Crippen LogP contribution < -0.4 is 10.1 Å². The third kappa shape index (κ3) is 5.52. The summed E-state index contributed by atoms with van der Waals surface area (Å²) in [7, 11) is 1.63. The van der Waals surface area contributed by atoms with Crippen LogP contribution in [0.2, 0.25) is 10.0 Å². The van der Waals surface area contributed by atoms with Gasteiger partial charge in [0.1, 0.15) is 5.75 Å². The minimum absolute atomic E-state index is 0.0381. The first-order valence-electron chi connectivity index (χ1n) is 8.02. The third-order valence-corrected chi connectivity index (χ3v) is 4.64. The van der Waals surface area contributed by atoms with Crippen LogP contribution in [0.25, 0.3) is 0 Å². The molecule has 1 atom stereocenters. The molecule has 1 N–H and O–H groups in total. The Hall–Kier alpha value is -1.97. The van der Waals surface area contributed by atoms with E-state index in [2.05, 4.69) is 11.9 Å². The van der Waals surface area contributed by atoms with Gasteiger partial charge < -0.3 is 10.1 Å². The summed E-state index contributed by atoms with van der Waals surface area (Å²) in [6, 6.07) is 12.9. The number of hydrogen-bond donors (Lipinski definition) is 1. The monoisotopic (exact) mass is 377 g/mol. The lowest BCUT2D eigenvalue weighted by atomic mass is 10.0. The summed E-state index contributed by atoms with van der Waals surface area (Å²) in [6.07, 6.45) is 3.36. The number of aryl methyl sites for hydroxylation is 1. The number of ether oxygens (including phenoxy) is 1. The molecule has 2 rings (SSSR count). The topological polar surface area (TPSA) is 38.3 Å². The fourth-order valence-corrected chi connectivity index (χ4v) is 2.90. The van der Waals surface area contributed by atoms with Gasteiger partial charge in [-0.2, -0.15) is 0 Å². The van der Waals surface area contributed by atoms with Gasteiger partial charge in [-0.05, 0) is 42.2 Å². The second-order valence-corrected chi connectivity index (χ2v) is 6.44. The molecule has 25 heavy (non-hydrogen) atoms. The lowest BCUT2D eigenvalue weighted by molar-refractivity contribution is -0.121. The van der Waals surface area contributed by atoms with E-state index in [1.54, 1.807) is 25.3 Å². The molecule has 0 spiro atoms. The second-order valence-electron chi connectivity index (χ2n) is 5.63. The van der Waals surface area contributed by atoms with Gasteiger partial charge in [-0.25, -0.2) is 0 Å².